The van der Waals surface area contributed by atoms with E-state index in [1.807, 2.05) is 78.2 Å². The predicted octanol–water partition coefficient (Wildman–Crippen LogP) is 6.66. The zero-order chi connectivity index (χ0) is 26.5. The average molecular weight is 511 g/mol. The molecule has 0 spiro atoms. The summed E-state index contributed by atoms with van der Waals surface area (Å²) in [7, 11) is 0. The zero-order valence-electron chi connectivity index (χ0n) is 22.6. The minimum absolute atomic E-state index is 0.0367. The van der Waals surface area contributed by atoms with E-state index in [2.05, 4.69) is 24.3 Å². The van der Waals surface area contributed by atoms with Crippen molar-refractivity contribution in [2.24, 2.45) is 5.92 Å². The van der Waals surface area contributed by atoms with Crippen LogP contribution in [0.3, 0.4) is 0 Å². The number of nitrogens with zero attached hydrogens (tertiary/aromatic N) is 2. The van der Waals surface area contributed by atoms with Crippen molar-refractivity contribution in [2.75, 3.05) is 18.0 Å². The summed E-state index contributed by atoms with van der Waals surface area (Å²) in [5.41, 5.74) is 2.66. The van der Waals surface area contributed by atoms with Crippen LogP contribution >= 0.6 is 0 Å². The van der Waals surface area contributed by atoms with Crippen molar-refractivity contribution in [3.05, 3.63) is 95.6 Å². The van der Waals surface area contributed by atoms with Crippen molar-refractivity contribution in [3.63, 3.8) is 0 Å². The van der Waals surface area contributed by atoms with Crippen molar-refractivity contribution < 1.29 is 14.3 Å². The van der Waals surface area contributed by atoms with E-state index in [1.54, 1.807) is 0 Å². The van der Waals surface area contributed by atoms with Gasteiger partial charge < -0.3 is 14.5 Å². The van der Waals surface area contributed by atoms with Gasteiger partial charge in [0.25, 0.3) is 11.8 Å². The van der Waals surface area contributed by atoms with E-state index in [9.17, 15) is 9.59 Å². The van der Waals surface area contributed by atoms with Crippen LogP contribution in [-0.4, -0.2) is 35.4 Å². The van der Waals surface area contributed by atoms with Crippen molar-refractivity contribution in [1.82, 2.24) is 4.90 Å². The van der Waals surface area contributed by atoms with E-state index >= 15 is 0 Å². The number of hydrogen-bond acceptors (Lipinski definition) is 3. The molecule has 2 amide bonds. The summed E-state index contributed by atoms with van der Waals surface area (Å²) in [6.07, 6.45) is 6.76. The van der Waals surface area contributed by atoms with Gasteiger partial charge in [0.2, 0.25) is 0 Å². The summed E-state index contributed by atoms with van der Waals surface area (Å²) in [4.78, 5) is 31.2. The van der Waals surface area contributed by atoms with Gasteiger partial charge in [0.05, 0.1) is 5.69 Å². The van der Waals surface area contributed by atoms with Gasteiger partial charge in [-0.1, -0.05) is 79.9 Å². The Kier molecular flexibility index (Phi) is 7.82. The second-order valence-corrected chi connectivity index (χ2v) is 11.2. The van der Waals surface area contributed by atoms with Crippen LogP contribution in [0.5, 0.6) is 5.75 Å². The molecule has 5 rings (SSSR count). The quantitative estimate of drug-likeness (QED) is 0.341. The lowest BCUT2D eigenvalue weighted by Gasteiger charge is -2.41. The number of hydrogen-bond donors (Lipinski definition) is 0. The highest BCUT2D eigenvalue weighted by Gasteiger charge is 2.42. The lowest BCUT2D eigenvalue weighted by molar-refractivity contribution is -0.132. The van der Waals surface area contributed by atoms with E-state index in [-0.39, 0.29) is 11.8 Å². The lowest BCUT2D eigenvalue weighted by atomic mass is 9.88. The summed E-state index contributed by atoms with van der Waals surface area (Å²) in [5.74, 6) is 1.07. The van der Waals surface area contributed by atoms with Crippen LogP contribution in [0.25, 0.3) is 0 Å². The van der Waals surface area contributed by atoms with E-state index in [1.165, 1.54) is 24.8 Å². The first-order chi connectivity index (χ1) is 18.4. The molecule has 0 radical (unpaired) electrons. The molecule has 1 heterocycles. The van der Waals surface area contributed by atoms with Crippen molar-refractivity contribution in [3.8, 4) is 5.75 Å². The largest absolute Gasteiger partial charge is 0.476 e. The molecule has 0 bridgehead atoms. The van der Waals surface area contributed by atoms with Crippen LogP contribution in [0, 0.1) is 5.92 Å². The van der Waals surface area contributed by atoms with Gasteiger partial charge in [-0.05, 0) is 68.4 Å². The molecule has 1 aliphatic carbocycles. The van der Waals surface area contributed by atoms with Crippen molar-refractivity contribution in [2.45, 2.75) is 64.5 Å². The minimum atomic E-state index is -0.928. The third kappa shape index (κ3) is 5.93. The molecule has 0 atom stereocenters. The van der Waals surface area contributed by atoms with Crippen molar-refractivity contribution >= 4 is 17.5 Å². The Morgan fingerprint density at radius 3 is 2.26 bits per heavy atom. The number of fused-ring (bicyclic) bond motifs is 1. The Balaban J connectivity index is 1.43. The molecule has 198 valence electrons. The predicted molar refractivity (Wildman–Crippen MR) is 151 cm³/mol. The van der Waals surface area contributed by atoms with Crippen LogP contribution in [-0.2, 0) is 17.8 Å². The first kappa shape index (κ1) is 26.0. The van der Waals surface area contributed by atoms with Crippen molar-refractivity contribution in [1.29, 1.82) is 0 Å². The Morgan fingerprint density at radius 2 is 1.58 bits per heavy atom. The molecule has 1 aliphatic heterocycles. The molecule has 2 aliphatic rings. The van der Waals surface area contributed by atoms with E-state index in [0.29, 0.717) is 42.6 Å². The van der Waals surface area contributed by atoms with Gasteiger partial charge in [-0.15, -0.1) is 0 Å². The summed E-state index contributed by atoms with van der Waals surface area (Å²) < 4.78 is 6.13. The second-order valence-electron chi connectivity index (χ2n) is 11.2. The number of benzene rings is 3. The molecule has 0 N–H and O–H groups in total. The third-order valence-corrected chi connectivity index (χ3v) is 7.80. The highest BCUT2D eigenvalue weighted by Crippen LogP contribution is 2.40. The molecule has 3 aromatic carbocycles. The fourth-order valence-electron chi connectivity index (χ4n) is 5.66. The highest BCUT2D eigenvalue weighted by molar-refractivity contribution is 6.04. The Bertz CT molecular complexity index is 1250. The van der Waals surface area contributed by atoms with Gasteiger partial charge in [0.15, 0.2) is 5.60 Å². The summed E-state index contributed by atoms with van der Waals surface area (Å²) in [6.45, 7) is 5.46. The molecule has 5 nitrogen and oxygen atoms in total. The number of anilines is 1. The second kappa shape index (κ2) is 11.4. The Hall–Kier alpha value is -3.60. The summed E-state index contributed by atoms with van der Waals surface area (Å²) in [5, 5.41) is 0. The zero-order valence-corrected chi connectivity index (χ0v) is 22.6. The number of carbonyl (C=O) groups is 2. The van der Waals surface area contributed by atoms with Crippen LogP contribution in [0.4, 0.5) is 5.69 Å². The van der Waals surface area contributed by atoms with Crippen LogP contribution in [0.15, 0.2) is 78.9 Å². The van der Waals surface area contributed by atoms with Crippen LogP contribution in [0.2, 0.25) is 0 Å². The summed E-state index contributed by atoms with van der Waals surface area (Å²) in [6, 6.07) is 25.9. The standard InChI is InChI=1S/C33H38N2O3/c1-33(2)32(37)35(24-27-16-10-5-11-17-27)29-22-28(18-19-30(29)38-33)31(36)34(23-26-14-8-4-9-15-26)21-20-25-12-6-3-7-13-25/h3-4,6-9,12-15,18-19,22,27H,5,10-11,16-17,20-21,23-24H2,1-2H3. The Morgan fingerprint density at radius 1 is 0.921 bits per heavy atom. The van der Waals surface area contributed by atoms with Gasteiger partial charge in [-0.2, -0.15) is 0 Å². The first-order valence-corrected chi connectivity index (χ1v) is 13.9. The molecule has 1 saturated carbocycles. The van der Waals surface area contributed by atoms with Gasteiger partial charge in [0, 0.05) is 25.2 Å². The molecular weight excluding hydrogens is 472 g/mol. The van der Waals surface area contributed by atoms with E-state index in [0.717, 1.165) is 24.8 Å². The molecule has 0 unspecified atom stereocenters. The van der Waals surface area contributed by atoms with Gasteiger partial charge in [0.1, 0.15) is 5.75 Å². The maximum Gasteiger partial charge on any atom is 0.270 e. The molecule has 0 saturated heterocycles. The topological polar surface area (TPSA) is 49.9 Å². The van der Waals surface area contributed by atoms with Gasteiger partial charge in [-0.25, -0.2) is 0 Å². The molecular formula is C33H38N2O3. The smallest absolute Gasteiger partial charge is 0.270 e. The summed E-state index contributed by atoms with van der Waals surface area (Å²) >= 11 is 0. The monoisotopic (exact) mass is 510 g/mol. The SMILES string of the molecule is CC1(C)Oc2ccc(C(=O)N(CCc3ccccc3)Cc3ccccc3)cc2N(CC2CCCCC2)C1=O. The fourth-order valence-corrected chi connectivity index (χ4v) is 5.66. The van der Waals surface area contributed by atoms with Crippen LogP contribution in [0.1, 0.15) is 67.4 Å². The fraction of sp³-hybridized carbons (Fsp3) is 0.394. The van der Waals surface area contributed by atoms with Gasteiger partial charge >= 0.3 is 0 Å². The van der Waals surface area contributed by atoms with Gasteiger partial charge in [-0.3, -0.25) is 9.59 Å². The number of amides is 2. The number of rotatable bonds is 8. The molecule has 5 heteroatoms. The molecule has 38 heavy (non-hydrogen) atoms. The van der Waals surface area contributed by atoms with E-state index in [4.69, 9.17) is 4.74 Å². The maximum absolute atomic E-state index is 13.9. The number of ether oxygens (including phenoxy) is 1. The maximum atomic E-state index is 13.9. The normalized spacial score (nSPS) is 17.0. The third-order valence-electron chi connectivity index (χ3n) is 7.80. The molecule has 3 aromatic rings. The Labute approximate surface area is 226 Å². The molecule has 0 aromatic heterocycles. The van der Waals surface area contributed by atoms with Crippen LogP contribution < -0.4 is 9.64 Å². The minimum Gasteiger partial charge on any atom is -0.476 e. The highest BCUT2D eigenvalue weighted by atomic mass is 16.5. The molecule has 1 fully saturated rings. The average Bonchev–Trinajstić information content (AvgIpc) is 2.94. The van der Waals surface area contributed by atoms with E-state index < -0.39 is 5.60 Å². The number of carbonyl (C=O) groups excluding carboxylic acids is 2. The lowest BCUT2D eigenvalue weighted by Crippen LogP contribution is -2.53. The first-order valence-electron chi connectivity index (χ1n) is 13.9.